The standard InChI is InChI=1S/C10H13BrN2O/c1-3-7(2)5-13-10(14)9-4-8(11)6-12-9/h4,6,12H,2-3,5H2,1H3,(H,13,14). The molecule has 1 aromatic heterocycles. The van der Waals surface area contributed by atoms with Crippen LogP contribution in [-0.4, -0.2) is 17.4 Å². The zero-order valence-corrected chi connectivity index (χ0v) is 9.65. The summed E-state index contributed by atoms with van der Waals surface area (Å²) in [4.78, 5) is 14.3. The molecule has 0 spiro atoms. The molecule has 14 heavy (non-hydrogen) atoms. The van der Waals surface area contributed by atoms with Crippen LogP contribution in [0.2, 0.25) is 0 Å². The molecule has 0 aliphatic carbocycles. The molecule has 0 aromatic carbocycles. The lowest BCUT2D eigenvalue weighted by Gasteiger charge is -2.04. The smallest absolute Gasteiger partial charge is 0.267 e. The van der Waals surface area contributed by atoms with Gasteiger partial charge in [0.2, 0.25) is 0 Å². The van der Waals surface area contributed by atoms with Crippen LogP contribution in [0.25, 0.3) is 0 Å². The molecule has 1 rings (SSSR count). The maximum absolute atomic E-state index is 11.5. The Labute approximate surface area is 91.7 Å². The topological polar surface area (TPSA) is 44.9 Å². The van der Waals surface area contributed by atoms with Crippen molar-refractivity contribution in [2.45, 2.75) is 13.3 Å². The van der Waals surface area contributed by atoms with Crippen molar-refractivity contribution in [3.05, 3.63) is 34.6 Å². The van der Waals surface area contributed by atoms with Crippen molar-refractivity contribution >= 4 is 21.8 Å². The lowest BCUT2D eigenvalue weighted by atomic mass is 10.2. The lowest BCUT2D eigenvalue weighted by Crippen LogP contribution is -2.25. The Morgan fingerprint density at radius 3 is 2.93 bits per heavy atom. The molecular formula is C10H13BrN2O. The highest BCUT2D eigenvalue weighted by molar-refractivity contribution is 9.10. The second kappa shape index (κ2) is 5.00. The van der Waals surface area contributed by atoms with Crippen LogP contribution in [0.5, 0.6) is 0 Å². The van der Waals surface area contributed by atoms with E-state index in [1.807, 2.05) is 6.92 Å². The Morgan fingerprint density at radius 2 is 2.43 bits per heavy atom. The molecule has 0 aliphatic rings. The molecule has 0 radical (unpaired) electrons. The number of carbonyl (C=O) groups is 1. The molecular weight excluding hydrogens is 244 g/mol. The van der Waals surface area contributed by atoms with Gasteiger partial charge in [0, 0.05) is 17.2 Å². The van der Waals surface area contributed by atoms with Gasteiger partial charge in [-0.05, 0) is 28.4 Å². The number of halogens is 1. The number of hydrogen-bond acceptors (Lipinski definition) is 1. The highest BCUT2D eigenvalue weighted by Crippen LogP contribution is 2.10. The monoisotopic (exact) mass is 256 g/mol. The van der Waals surface area contributed by atoms with Crippen LogP contribution in [0.3, 0.4) is 0 Å². The van der Waals surface area contributed by atoms with Crippen molar-refractivity contribution < 1.29 is 4.79 Å². The van der Waals surface area contributed by atoms with Crippen LogP contribution in [0.15, 0.2) is 28.9 Å². The van der Waals surface area contributed by atoms with E-state index in [1.165, 1.54) is 0 Å². The summed E-state index contributed by atoms with van der Waals surface area (Å²) in [7, 11) is 0. The van der Waals surface area contributed by atoms with Crippen LogP contribution >= 0.6 is 15.9 Å². The molecule has 2 N–H and O–H groups in total. The normalized spacial score (nSPS) is 9.86. The van der Waals surface area contributed by atoms with Gasteiger partial charge in [-0.3, -0.25) is 4.79 Å². The SMILES string of the molecule is C=C(CC)CNC(=O)c1cc(Br)c[nH]1. The van der Waals surface area contributed by atoms with Gasteiger partial charge in [-0.25, -0.2) is 0 Å². The first-order chi connectivity index (χ1) is 6.63. The Morgan fingerprint density at radius 1 is 1.71 bits per heavy atom. The van der Waals surface area contributed by atoms with E-state index >= 15 is 0 Å². The zero-order chi connectivity index (χ0) is 10.6. The average molecular weight is 257 g/mol. The van der Waals surface area contributed by atoms with Gasteiger partial charge in [-0.1, -0.05) is 19.1 Å². The summed E-state index contributed by atoms with van der Waals surface area (Å²) < 4.78 is 0.872. The Hall–Kier alpha value is -1.03. The number of H-pyrrole nitrogens is 1. The highest BCUT2D eigenvalue weighted by atomic mass is 79.9. The fourth-order valence-electron chi connectivity index (χ4n) is 0.925. The summed E-state index contributed by atoms with van der Waals surface area (Å²) >= 11 is 3.27. The van der Waals surface area contributed by atoms with Crippen molar-refractivity contribution in [2.24, 2.45) is 0 Å². The quantitative estimate of drug-likeness (QED) is 0.799. The van der Waals surface area contributed by atoms with Gasteiger partial charge < -0.3 is 10.3 Å². The Balaban J connectivity index is 2.47. The van der Waals surface area contributed by atoms with Crippen molar-refractivity contribution in [2.75, 3.05) is 6.54 Å². The van der Waals surface area contributed by atoms with Crippen LogP contribution in [-0.2, 0) is 0 Å². The van der Waals surface area contributed by atoms with E-state index < -0.39 is 0 Å². The molecule has 0 fully saturated rings. The first-order valence-electron chi connectivity index (χ1n) is 4.42. The van der Waals surface area contributed by atoms with Crippen molar-refractivity contribution in [3.8, 4) is 0 Å². The van der Waals surface area contributed by atoms with Crippen LogP contribution < -0.4 is 5.32 Å². The minimum atomic E-state index is -0.106. The van der Waals surface area contributed by atoms with Gasteiger partial charge in [0.05, 0.1) is 0 Å². The minimum absolute atomic E-state index is 0.106. The third-order valence-corrected chi connectivity index (χ3v) is 2.35. The largest absolute Gasteiger partial charge is 0.356 e. The molecule has 0 atom stereocenters. The molecule has 0 bridgehead atoms. The summed E-state index contributed by atoms with van der Waals surface area (Å²) in [6.45, 7) is 6.36. The maximum Gasteiger partial charge on any atom is 0.267 e. The van der Waals surface area contributed by atoms with E-state index in [0.717, 1.165) is 16.5 Å². The lowest BCUT2D eigenvalue weighted by molar-refractivity contribution is 0.0952. The van der Waals surface area contributed by atoms with E-state index in [0.29, 0.717) is 12.2 Å². The van der Waals surface area contributed by atoms with E-state index in [4.69, 9.17) is 0 Å². The third-order valence-electron chi connectivity index (χ3n) is 1.89. The second-order valence-corrected chi connectivity index (χ2v) is 3.93. The Bertz CT molecular complexity index is 344. The van der Waals surface area contributed by atoms with Crippen LogP contribution in [0.4, 0.5) is 0 Å². The average Bonchev–Trinajstić information content (AvgIpc) is 2.60. The zero-order valence-electron chi connectivity index (χ0n) is 8.06. The Kier molecular flexibility index (Phi) is 3.95. The van der Waals surface area contributed by atoms with Gasteiger partial charge in [-0.2, -0.15) is 0 Å². The molecule has 3 nitrogen and oxygen atoms in total. The highest BCUT2D eigenvalue weighted by Gasteiger charge is 2.06. The number of amides is 1. The van der Waals surface area contributed by atoms with Crippen molar-refractivity contribution in [1.82, 2.24) is 10.3 Å². The predicted octanol–water partition coefficient (Wildman–Crippen LogP) is 2.47. The molecule has 1 amide bonds. The molecule has 0 saturated carbocycles. The second-order valence-electron chi connectivity index (χ2n) is 3.02. The third kappa shape index (κ3) is 3.03. The number of aromatic amines is 1. The van der Waals surface area contributed by atoms with Gasteiger partial charge in [0.1, 0.15) is 5.69 Å². The molecule has 1 aromatic rings. The molecule has 1 heterocycles. The number of rotatable bonds is 4. The molecule has 4 heteroatoms. The fourth-order valence-corrected chi connectivity index (χ4v) is 1.27. The van der Waals surface area contributed by atoms with Crippen LogP contribution in [0, 0.1) is 0 Å². The van der Waals surface area contributed by atoms with E-state index in [9.17, 15) is 4.79 Å². The van der Waals surface area contributed by atoms with Gasteiger partial charge in [0.15, 0.2) is 0 Å². The van der Waals surface area contributed by atoms with Crippen molar-refractivity contribution in [1.29, 1.82) is 0 Å². The number of hydrogen-bond donors (Lipinski definition) is 2. The summed E-state index contributed by atoms with van der Waals surface area (Å²) in [6, 6.07) is 1.74. The molecule has 0 saturated heterocycles. The first-order valence-corrected chi connectivity index (χ1v) is 5.21. The minimum Gasteiger partial charge on any atom is -0.356 e. The van der Waals surface area contributed by atoms with Gasteiger partial charge in [-0.15, -0.1) is 0 Å². The summed E-state index contributed by atoms with van der Waals surface area (Å²) in [5.74, 6) is -0.106. The first kappa shape index (κ1) is 11.0. The summed E-state index contributed by atoms with van der Waals surface area (Å²) in [5.41, 5.74) is 1.57. The van der Waals surface area contributed by atoms with E-state index in [1.54, 1.807) is 12.3 Å². The molecule has 0 unspecified atom stereocenters. The number of carbonyl (C=O) groups excluding carboxylic acids is 1. The maximum atomic E-state index is 11.5. The van der Waals surface area contributed by atoms with Crippen LogP contribution in [0.1, 0.15) is 23.8 Å². The van der Waals surface area contributed by atoms with Crippen molar-refractivity contribution in [3.63, 3.8) is 0 Å². The molecule has 0 aliphatic heterocycles. The fraction of sp³-hybridized carbons (Fsp3) is 0.300. The summed E-state index contributed by atoms with van der Waals surface area (Å²) in [6.07, 6.45) is 2.61. The number of aromatic nitrogens is 1. The summed E-state index contributed by atoms with van der Waals surface area (Å²) in [5, 5.41) is 2.77. The number of nitrogens with one attached hydrogen (secondary N) is 2. The molecule has 76 valence electrons. The van der Waals surface area contributed by atoms with E-state index in [2.05, 4.69) is 32.8 Å². The predicted molar refractivity (Wildman–Crippen MR) is 60.3 cm³/mol. The van der Waals surface area contributed by atoms with E-state index in [-0.39, 0.29) is 5.91 Å². The van der Waals surface area contributed by atoms with Gasteiger partial charge >= 0.3 is 0 Å². The van der Waals surface area contributed by atoms with Gasteiger partial charge in [0.25, 0.3) is 5.91 Å².